The van der Waals surface area contributed by atoms with Gasteiger partial charge < -0.3 is 19.9 Å². The SMILES string of the molecule is COCC1(CNC(=O)c2cc(C)ccc2-n2ccnc2)CCNCC1.Cl.Cl. The van der Waals surface area contributed by atoms with Crippen molar-refractivity contribution in [1.82, 2.24) is 20.2 Å². The van der Waals surface area contributed by atoms with Crippen LogP contribution in [0, 0.1) is 12.3 Å². The number of carbonyl (C=O) groups excluding carboxylic acids is 1. The van der Waals surface area contributed by atoms with Gasteiger partial charge in [-0.05, 0) is 45.0 Å². The number of hydrogen-bond acceptors (Lipinski definition) is 4. The Bertz CT molecular complexity index is 711. The normalized spacial score (nSPS) is 15.3. The summed E-state index contributed by atoms with van der Waals surface area (Å²) in [7, 11) is 1.73. The highest BCUT2D eigenvalue weighted by Crippen LogP contribution is 2.28. The van der Waals surface area contributed by atoms with Gasteiger partial charge in [0.2, 0.25) is 0 Å². The maximum atomic E-state index is 12.9. The van der Waals surface area contributed by atoms with Crippen molar-refractivity contribution in [2.75, 3.05) is 33.4 Å². The van der Waals surface area contributed by atoms with Crippen LogP contribution < -0.4 is 10.6 Å². The van der Waals surface area contributed by atoms with Crippen LogP contribution in [-0.2, 0) is 4.74 Å². The molecule has 1 fully saturated rings. The first-order chi connectivity index (χ1) is 12.1. The largest absolute Gasteiger partial charge is 0.384 e. The van der Waals surface area contributed by atoms with Crippen LogP contribution in [0.15, 0.2) is 36.9 Å². The van der Waals surface area contributed by atoms with Gasteiger partial charge in [0, 0.05) is 31.5 Å². The van der Waals surface area contributed by atoms with Crippen LogP contribution in [0.1, 0.15) is 28.8 Å². The first-order valence-electron chi connectivity index (χ1n) is 8.70. The molecule has 2 aromatic rings. The van der Waals surface area contributed by atoms with E-state index >= 15 is 0 Å². The molecule has 1 aliphatic heterocycles. The Kier molecular flexibility index (Phi) is 9.26. The summed E-state index contributed by atoms with van der Waals surface area (Å²) < 4.78 is 7.30. The van der Waals surface area contributed by atoms with E-state index in [2.05, 4.69) is 15.6 Å². The lowest BCUT2D eigenvalue weighted by Crippen LogP contribution is -2.47. The number of imidazole rings is 1. The molecule has 6 nitrogen and oxygen atoms in total. The zero-order valence-electron chi connectivity index (χ0n) is 15.7. The zero-order valence-corrected chi connectivity index (χ0v) is 17.4. The third-order valence-corrected chi connectivity index (χ3v) is 4.92. The summed E-state index contributed by atoms with van der Waals surface area (Å²) in [6.07, 6.45) is 7.28. The molecule has 0 unspecified atom stereocenters. The number of carbonyl (C=O) groups is 1. The highest BCUT2D eigenvalue weighted by atomic mass is 35.5. The van der Waals surface area contributed by atoms with Gasteiger partial charge >= 0.3 is 0 Å². The van der Waals surface area contributed by atoms with Crippen LogP contribution >= 0.6 is 24.8 Å². The molecule has 0 bridgehead atoms. The van der Waals surface area contributed by atoms with Crippen molar-refractivity contribution < 1.29 is 9.53 Å². The standard InChI is InChI=1S/C19H26N4O2.2ClH/c1-15-3-4-17(23-10-9-21-14-23)16(11-15)18(24)22-12-19(13-25-2)5-7-20-8-6-19;;/h3-4,9-11,14,20H,5-8,12-13H2,1-2H3,(H,22,24);2*1H. The number of amides is 1. The third kappa shape index (κ3) is 5.69. The Morgan fingerprint density at radius 3 is 2.70 bits per heavy atom. The van der Waals surface area contributed by atoms with Gasteiger partial charge in [-0.3, -0.25) is 4.79 Å². The quantitative estimate of drug-likeness (QED) is 0.762. The summed E-state index contributed by atoms with van der Waals surface area (Å²) in [5.41, 5.74) is 2.57. The molecule has 1 aromatic carbocycles. The lowest BCUT2D eigenvalue weighted by molar-refractivity contribution is 0.0511. The number of ether oxygens (including phenoxy) is 1. The second kappa shape index (κ2) is 10.7. The molecule has 0 radical (unpaired) electrons. The minimum absolute atomic E-state index is 0. The number of methoxy groups -OCH3 is 1. The number of hydrogen-bond donors (Lipinski definition) is 2. The Labute approximate surface area is 172 Å². The van der Waals surface area contributed by atoms with Gasteiger partial charge in [0.1, 0.15) is 0 Å². The number of piperidine rings is 1. The van der Waals surface area contributed by atoms with Crippen molar-refractivity contribution >= 4 is 30.7 Å². The summed E-state index contributed by atoms with van der Waals surface area (Å²) in [5, 5.41) is 6.52. The molecule has 27 heavy (non-hydrogen) atoms. The van der Waals surface area contributed by atoms with E-state index in [0.29, 0.717) is 18.7 Å². The van der Waals surface area contributed by atoms with E-state index in [1.54, 1.807) is 19.6 Å². The number of rotatable bonds is 6. The lowest BCUT2D eigenvalue weighted by Gasteiger charge is -2.37. The van der Waals surface area contributed by atoms with Crippen molar-refractivity contribution in [2.24, 2.45) is 5.41 Å². The molecular formula is C19H28Cl2N4O2. The number of benzene rings is 1. The molecule has 0 atom stereocenters. The van der Waals surface area contributed by atoms with E-state index < -0.39 is 0 Å². The molecule has 0 spiro atoms. The van der Waals surface area contributed by atoms with Crippen molar-refractivity contribution in [3.63, 3.8) is 0 Å². The summed E-state index contributed by atoms with van der Waals surface area (Å²) >= 11 is 0. The van der Waals surface area contributed by atoms with Crippen molar-refractivity contribution in [3.05, 3.63) is 48.0 Å². The Morgan fingerprint density at radius 2 is 2.07 bits per heavy atom. The maximum absolute atomic E-state index is 12.9. The molecule has 1 aliphatic rings. The predicted octanol–water partition coefficient (Wildman–Crippen LogP) is 2.77. The molecule has 8 heteroatoms. The van der Waals surface area contributed by atoms with Crippen LogP contribution in [0.4, 0.5) is 0 Å². The highest BCUT2D eigenvalue weighted by Gasteiger charge is 2.32. The Balaban J connectivity index is 0.00000182. The van der Waals surface area contributed by atoms with E-state index in [9.17, 15) is 4.79 Å². The smallest absolute Gasteiger partial charge is 0.253 e. The van der Waals surface area contributed by atoms with E-state index in [1.165, 1.54) is 0 Å². The summed E-state index contributed by atoms with van der Waals surface area (Å²) in [6, 6.07) is 5.89. The van der Waals surface area contributed by atoms with E-state index in [-0.39, 0.29) is 36.1 Å². The van der Waals surface area contributed by atoms with Crippen molar-refractivity contribution in [2.45, 2.75) is 19.8 Å². The Morgan fingerprint density at radius 1 is 1.33 bits per heavy atom. The minimum atomic E-state index is -0.0542. The molecule has 0 saturated carbocycles. The van der Waals surface area contributed by atoms with Crippen LogP contribution in [0.5, 0.6) is 0 Å². The molecule has 0 aliphatic carbocycles. The van der Waals surface area contributed by atoms with Crippen molar-refractivity contribution in [1.29, 1.82) is 0 Å². The number of nitrogens with zero attached hydrogens (tertiary/aromatic N) is 2. The summed E-state index contributed by atoms with van der Waals surface area (Å²) in [5.74, 6) is -0.0542. The number of aryl methyl sites for hydroxylation is 1. The van der Waals surface area contributed by atoms with E-state index in [0.717, 1.165) is 37.2 Å². The molecule has 1 saturated heterocycles. The average Bonchev–Trinajstić information content (AvgIpc) is 3.15. The minimum Gasteiger partial charge on any atom is -0.384 e. The molecule has 1 aromatic heterocycles. The monoisotopic (exact) mass is 414 g/mol. The van der Waals surface area contributed by atoms with Gasteiger partial charge in [0.05, 0.1) is 24.2 Å². The second-order valence-electron chi connectivity index (χ2n) is 6.86. The van der Waals surface area contributed by atoms with Crippen LogP contribution in [0.2, 0.25) is 0 Å². The fourth-order valence-corrected chi connectivity index (χ4v) is 3.46. The van der Waals surface area contributed by atoms with Gasteiger partial charge in [-0.2, -0.15) is 0 Å². The van der Waals surface area contributed by atoms with Crippen LogP contribution in [-0.4, -0.2) is 48.8 Å². The summed E-state index contributed by atoms with van der Waals surface area (Å²) in [4.78, 5) is 17.0. The van der Waals surface area contributed by atoms with E-state index in [1.807, 2.05) is 35.9 Å². The molecule has 2 heterocycles. The lowest BCUT2D eigenvalue weighted by atomic mass is 9.79. The van der Waals surface area contributed by atoms with Gasteiger partial charge in [0.15, 0.2) is 0 Å². The Hall–Kier alpha value is -1.60. The first-order valence-corrected chi connectivity index (χ1v) is 8.70. The second-order valence-corrected chi connectivity index (χ2v) is 6.86. The highest BCUT2D eigenvalue weighted by molar-refractivity contribution is 5.98. The number of nitrogens with one attached hydrogen (secondary N) is 2. The molecule has 1 amide bonds. The number of halogens is 2. The van der Waals surface area contributed by atoms with Gasteiger partial charge in [0.25, 0.3) is 5.91 Å². The maximum Gasteiger partial charge on any atom is 0.253 e. The van der Waals surface area contributed by atoms with Crippen molar-refractivity contribution in [3.8, 4) is 5.69 Å². The predicted molar refractivity (Wildman–Crippen MR) is 112 cm³/mol. The topological polar surface area (TPSA) is 68.2 Å². The molecule has 150 valence electrons. The van der Waals surface area contributed by atoms with Crippen LogP contribution in [0.25, 0.3) is 5.69 Å². The third-order valence-electron chi connectivity index (χ3n) is 4.92. The first kappa shape index (κ1) is 23.4. The fraction of sp³-hybridized carbons (Fsp3) is 0.474. The van der Waals surface area contributed by atoms with Gasteiger partial charge in [-0.25, -0.2) is 4.98 Å². The number of aromatic nitrogens is 2. The fourth-order valence-electron chi connectivity index (χ4n) is 3.46. The van der Waals surface area contributed by atoms with Gasteiger partial charge in [-0.15, -0.1) is 24.8 Å². The van der Waals surface area contributed by atoms with Gasteiger partial charge in [-0.1, -0.05) is 11.6 Å². The average molecular weight is 415 g/mol. The molecular weight excluding hydrogens is 387 g/mol. The summed E-state index contributed by atoms with van der Waals surface area (Å²) in [6.45, 7) is 5.21. The molecule has 3 rings (SSSR count). The zero-order chi connectivity index (χ0) is 17.7. The van der Waals surface area contributed by atoms with E-state index in [4.69, 9.17) is 4.74 Å². The van der Waals surface area contributed by atoms with Crippen LogP contribution in [0.3, 0.4) is 0 Å². The molecule has 2 N–H and O–H groups in total.